The summed E-state index contributed by atoms with van der Waals surface area (Å²) in [6.45, 7) is 1.06. The van der Waals surface area contributed by atoms with Crippen molar-refractivity contribution in [3.63, 3.8) is 0 Å². The van der Waals surface area contributed by atoms with Gasteiger partial charge in [0.1, 0.15) is 6.10 Å². The number of alkyl halides is 2. The minimum Gasteiger partial charge on any atom is -0.382 e. The molecule has 2 unspecified atom stereocenters. The van der Waals surface area contributed by atoms with Crippen LogP contribution in [0.5, 0.6) is 0 Å². The van der Waals surface area contributed by atoms with E-state index in [0.717, 1.165) is 37.2 Å². The summed E-state index contributed by atoms with van der Waals surface area (Å²) in [6.07, 6.45) is 5.38. The van der Waals surface area contributed by atoms with E-state index >= 15 is 0 Å². The van der Waals surface area contributed by atoms with Gasteiger partial charge in [0.15, 0.2) is 0 Å². The minimum atomic E-state index is -3.60. The number of sulfonamides is 1. The predicted octanol–water partition coefficient (Wildman–Crippen LogP) is 4.42. The average Bonchev–Trinajstić information content (AvgIpc) is 3.65. The summed E-state index contributed by atoms with van der Waals surface area (Å²) in [5, 5.41) is 10.4. The number of rotatable bonds is 14. The molecule has 2 N–H and O–H groups in total. The average molecular weight is 590 g/mol. The number of urea groups is 1. The molecule has 0 spiro atoms. The summed E-state index contributed by atoms with van der Waals surface area (Å²) < 4.78 is 54.3. The van der Waals surface area contributed by atoms with Gasteiger partial charge in [0.05, 0.1) is 12.3 Å². The summed E-state index contributed by atoms with van der Waals surface area (Å²) >= 11 is 0. The maximum atomic E-state index is 14.9. The molecule has 11 heteroatoms. The van der Waals surface area contributed by atoms with Crippen molar-refractivity contribution in [3.05, 3.63) is 83.9 Å². The normalized spacial score (nSPS) is 19.5. The van der Waals surface area contributed by atoms with Crippen LogP contribution in [0.1, 0.15) is 49.7 Å². The Morgan fingerprint density at radius 1 is 1.12 bits per heavy atom. The molecule has 2 aliphatic rings. The van der Waals surface area contributed by atoms with E-state index in [0.29, 0.717) is 32.5 Å². The maximum Gasteiger partial charge on any atom is 0.320 e. The lowest BCUT2D eigenvalue weighted by Gasteiger charge is -2.24. The van der Waals surface area contributed by atoms with E-state index in [9.17, 15) is 31.9 Å². The molecule has 2 aromatic rings. The summed E-state index contributed by atoms with van der Waals surface area (Å²) in [4.78, 5) is 28.7. The van der Waals surface area contributed by atoms with Gasteiger partial charge in [0.2, 0.25) is 15.9 Å². The van der Waals surface area contributed by atoms with Gasteiger partial charge < -0.3 is 14.9 Å². The molecule has 1 heterocycles. The van der Waals surface area contributed by atoms with Gasteiger partial charge in [-0.25, -0.2) is 13.2 Å². The highest BCUT2D eigenvalue weighted by Gasteiger charge is 2.43. The second-order valence-electron chi connectivity index (χ2n) is 11.1. The number of halogens is 2. The van der Waals surface area contributed by atoms with Crippen LogP contribution in [0.25, 0.3) is 0 Å². The molecule has 2 aromatic carbocycles. The Morgan fingerprint density at radius 2 is 1.76 bits per heavy atom. The molecule has 0 bridgehead atoms. The summed E-state index contributed by atoms with van der Waals surface area (Å²) in [5.41, 5.74) is 0.605. The molecule has 1 aliphatic carbocycles. The molecule has 1 saturated heterocycles. The quantitative estimate of drug-likeness (QED) is 0.318. The lowest BCUT2D eigenvalue weighted by molar-refractivity contribution is -0.119. The fourth-order valence-electron chi connectivity index (χ4n) is 5.34. The van der Waals surface area contributed by atoms with Crippen LogP contribution in [0, 0.1) is 5.41 Å². The van der Waals surface area contributed by atoms with E-state index in [1.807, 2.05) is 35.1 Å². The van der Waals surface area contributed by atoms with Crippen LogP contribution in [0.4, 0.5) is 13.6 Å². The van der Waals surface area contributed by atoms with Crippen molar-refractivity contribution in [2.24, 2.45) is 5.41 Å². The maximum absolute atomic E-state index is 14.9. The third kappa shape index (κ3) is 8.36. The number of nitrogens with one attached hydrogen (secondary N) is 1. The predicted molar refractivity (Wildman–Crippen MR) is 151 cm³/mol. The third-order valence-corrected chi connectivity index (χ3v) is 8.43. The second-order valence-corrected chi connectivity index (χ2v) is 12.9. The number of carbonyl (C=O) groups is 2. The number of hydrogen-bond donors (Lipinski definition) is 2. The van der Waals surface area contributed by atoms with Gasteiger partial charge in [-0.3, -0.25) is 9.52 Å². The van der Waals surface area contributed by atoms with Crippen LogP contribution in [0.15, 0.2) is 72.8 Å². The summed E-state index contributed by atoms with van der Waals surface area (Å²) in [7, 11) is -3.60. The van der Waals surface area contributed by atoms with E-state index in [-0.39, 0.29) is 23.4 Å². The van der Waals surface area contributed by atoms with Crippen molar-refractivity contribution in [2.45, 2.75) is 63.1 Å². The smallest absolute Gasteiger partial charge is 0.320 e. The van der Waals surface area contributed by atoms with Gasteiger partial charge in [-0.15, -0.1) is 0 Å². The molecule has 8 nitrogen and oxygen atoms in total. The zero-order chi connectivity index (χ0) is 29.7. The van der Waals surface area contributed by atoms with Crippen LogP contribution in [-0.2, 0) is 27.3 Å². The molecule has 2 atom stereocenters. The Labute approximate surface area is 240 Å². The molecule has 0 radical (unpaired) electrons. The van der Waals surface area contributed by atoms with Crippen LogP contribution in [0.2, 0.25) is 0 Å². The van der Waals surface area contributed by atoms with Crippen LogP contribution in [-0.4, -0.2) is 66.8 Å². The summed E-state index contributed by atoms with van der Waals surface area (Å²) in [6, 6.07) is 15.9. The SMILES string of the molecule is CS(=O)(=O)NC(=O)CCC1(CCCN2C(=O)N(Cc3ccccc3)CC2C=CC(O)C(F)(F)c2ccccc2)CC1. The van der Waals surface area contributed by atoms with Crippen LogP contribution >= 0.6 is 0 Å². The minimum absolute atomic E-state index is 0.0549. The fourth-order valence-corrected chi connectivity index (χ4v) is 5.85. The Hall–Kier alpha value is -3.31. The second kappa shape index (κ2) is 12.7. The van der Waals surface area contributed by atoms with Crippen molar-refractivity contribution in [1.82, 2.24) is 14.5 Å². The van der Waals surface area contributed by atoms with Gasteiger partial charge in [0.25, 0.3) is 0 Å². The van der Waals surface area contributed by atoms with Crippen molar-refractivity contribution in [2.75, 3.05) is 19.3 Å². The standard InChI is InChI=1S/C30H37F2N3O5S/c1-41(39,40)33-27(37)15-17-29(18-19-29)16-8-20-35-25(22-34(28(35)38)21-23-9-4-2-5-10-23)13-14-26(36)30(31,32)24-11-6-3-7-12-24/h2-7,9-14,25-26,36H,8,15-22H2,1H3,(H,33,37). The van der Waals surface area contributed by atoms with E-state index in [2.05, 4.69) is 0 Å². The van der Waals surface area contributed by atoms with Crippen molar-refractivity contribution >= 4 is 22.0 Å². The first kappa shape index (κ1) is 30.6. The molecule has 1 aliphatic heterocycles. The van der Waals surface area contributed by atoms with Gasteiger partial charge in [-0.05, 0) is 43.1 Å². The number of hydrogen-bond acceptors (Lipinski definition) is 5. The Bertz CT molecular complexity index is 1330. The highest BCUT2D eigenvalue weighted by atomic mass is 32.2. The monoisotopic (exact) mass is 589 g/mol. The number of nitrogens with zero attached hydrogens (tertiary/aromatic N) is 2. The molecule has 41 heavy (non-hydrogen) atoms. The highest BCUT2D eigenvalue weighted by Crippen LogP contribution is 2.53. The Balaban J connectivity index is 1.40. The summed E-state index contributed by atoms with van der Waals surface area (Å²) in [5.74, 6) is -4.02. The number of aliphatic hydroxyl groups excluding tert-OH is 1. The van der Waals surface area contributed by atoms with E-state index in [1.165, 1.54) is 30.3 Å². The number of amides is 3. The van der Waals surface area contributed by atoms with E-state index < -0.39 is 34.0 Å². The molecule has 3 amide bonds. The van der Waals surface area contributed by atoms with Crippen LogP contribution < -0.4 is 4.72 Å². The molecule has 0 aromatic heterocycles. The molecular formula is C30H37F2N3O5S. The number of benzene rings is 2. The first-order chi connectivity index (χ1) is 19.4. The largest absolute Gasteiger partial charge is 0.382 e. The molecule has 1 saturated carbocycles. The lowest BCUT2D eigenvalue weighted by atomic mass is 9.94. The number of carbonyl (C=O) groups excluding carboxylic acids is 2. The zero-order valence-corrected chi connectivity index (χ0v) is 23.9. The van der Waals surface area contributed by atoms with Crippen molar-refractivity contribution in [3.8, 4) is 0 Å². The zero-order valence-electron chi connectivity index (χ0n) is 23.1. The topological polar surface area (TPSA) is 107 Å². The fraction of sp³-hybridized carbons (Fsp3) is 0.467. The van der Waals surface area contributed by atoms with Crippen molar-refractivity contribution in [1.29, 1.82) is 0 Å². The number of aliphatic hydroxyl groups is 1. The molecule has 222 valence electrons. The molecule has 2 fully saturated rings. The Kier molecular flexibility index (Phi) is 9.48. The first-order valence-corrected chi connectivity index (χ1v) is 15.7. The van der Waals surface area contributed by atoms with E-state index in [1.54, 1.807) is 15.9 Å². The lowest BCUT2D eigenvalue weighted by Crippen LogP contribution is -2.36. The van der Waals surface area contributed by atoms with Crippen LogP contribution in [0.3, 0.4) is 0 Å². The van der Waals surface area contributed by atoms with Crippen molar-refractivity contribution < 1.29 is 31.9 Å². The van der Waals surface area contributed by atoms with Gasteiger partial charge in [0, 0.05) is 31.6 Å². The van der Waals surface area contributed by atoms with Gasteiger partial charge in [-0.1, -0.05) is 72.8 Å². The molecule has 4 rings (SSSR count). The molecular weight excluding hydrogens is 552 g/mol. The highest BCUT2D eigenvalue weighted by molar-refractivity contribution is 7.89. The van der Waals surface area contributed by atoms with Gasteiger partial charge in [-0.2, -0.15) is 8.78 Å². The van der Waals surface area contributed by atoms with E-state index in [4.69, 9.17) is 0 Å². The van der Waals surface area contributed by atoms with Gasteiger partial charge >= 0.3 is 12.0 Å². The third-order valence-electron chi connectivity index (χ3n) is 7.83. The first-order valence-electron chi connectivity index (χ1n) is 13.8. The Morgan fingerprint density at radius 3 is 2.37 bits per heavy atom.